The number of carbonyl (C=O) groups excluding carboxylic acids is 2. The second kappa shape index (κ2) is 5.90. The van der Waals surface area contributed by atoms with Gasteiger partial charge in [0.2, 0.25) is 0 Å². The van der Waals surface area contributed by atoms with Gasteiger partial charge in [-0.3, -0.25) is 9.78 Å². The number of nitrogens with zero attached hydrogens (tertiary/aromatic N) is 2. The molecular formula is C10H13N3O4. The van der Waals surface area contributed by atoms with Gasteiger partial charge in [-0.2, -0.15) is 0 Å². The first-order valence-corrected chi connectivity index (χ1v) is 4.87. The summed E-state index contributed by atoms with van der Waals surface area (Å²) in [4.78, 5) is 30.1. The summed E-state index contributed by atoms with van der Waals surface area (Å²) in [6.07, 6.45) is 1.38. The van der Waals surface area contributed by atoms with E-state index in [1.807, 2.05) is 0 Å². The summed E-state index contributed by atoms with van der Waals surface area (Å²) < 4.78 is 4.30. The second-order valence-corrected chi connectivity index (χ2v) is 3.29. The molecular weight excluding hydrogens is 226 g/mol. The normalized spacial score (nSPS) is 11.7. The van der Waals surface area contributed by atoms with E-state index in [0.717, 1.165) is 7.11 Å². The average molecular weight is 239 g/mol. The van der Waals surface area contributed by atoms with Gasteiger partial charge in [0.05, 0.1) is 25.5 Å². The fourth-order valence-electron chi connectivity index (χ4n) is 1.01. The maximum Gasteiger partial charge on any atom is 0.336 e. The molecule has 92 valence electrons. The van der Waals surface area contributed by atoms with Crippen LogP contribution in [0.2, 0.25) is 0 Å². The number of hydrogen-bond donors (Lipinski definition) is 2. The predicted molar refractivity (Wildman–Crippen MR) is 57.1 cm³/mol. The van der Waals surface area contributed by atoms with Gasteiger partial charge < -0.3 is 15.2 Å². The highest BCUT2D eigenvalue weighted by Crippen LogP contribution is 1.94. The number of nitrogens with one attached hydrogen (secondary N) is 1. The monoisotopic (exact) mass is 239 g/mol. The van der Waals surface area contributed by atoms with Gasteiger partial charge >= 0.3 is 5.97 Å². The van der Waals surface area contributed by atoms with Gasteiger partial charge in [-0.15, -0.1) is 0 Å². The van der Waals surface area contributed by atoms with Crippen LogP contribution in [0.25, 0.3) is 0 Å². The van der Waals surface area contributed by atoms with Crippen LogP contribution in [-0.2, 0) is 9.53 Å². The van der Waals surface area contributed by atoms with Crippen LogP contribution in [-0.4, -0.2) is 46.7 Å². The summed E-state index contributed by atoms with van der Waals surface area (Å²) in [5.41, 5.74) is 0.809. The van der Waals surface area contributed by atoms with Crippen molar-refractivity contribution in [2.45, 2.75) is 13.0 Å². The zero-order valence-corrected chi connectivity index (χ0v) is 9.51. The minimum atomic E-state index is -1.39. The Morgan fingerprint density at radius 1 is 1.47 bits per heavy atom. The summed E-state index contributed by atoms with van der Waals surface area (Å²) in [7, 11) is 1.15. The number of aryl methyl sites for hydroxylation is 1. The topological polar surface area (TPSA) is 101 Å². The highest BCUT2D eigenvalue weighted by Gasteiger charge is 2.17. The van der Waals surface area contributed by atoms with Crippen molar-refractivity contribution in [3.63, 3.8) is 0 Å². The number of hydrogen-bond acceptors (Lipinski definition) is 6. The van der Waals surface area contributed by atoms with E-state index in [0.29, 0.717) is 5.69 Å². The zero-order chi connectivity index (χ0) is 12.8. The molecule has 1 aromatic rings. The van der Waals surface area contributed by atoms with Gasteiger partial charge in [0.1, 0.15) is 5.69 Å². The molecule has 1 aromatic heterocycles. The van der Waals surface area contributed by atoms with Gasteiger partial charge in [-0.05, 0) is 6.92 Å². The Labute approximate surface area is 97.8 Å². The molecule has 0 aliphatic heterocycles. The molecule has 1 atom stereocenters. The molecule has 1 unspecified atom stereocenters. The smallest absolute Gasteiger partial charge is 0.336 e. The number of amides is 1. The van der Waals surface area contributed by atoms with Gasteiger partial charge in [0, 0.05) is 6.20 Å². The van der Waals surface area contributed by atoms with E-state index in [9.17, 15) is 14.7 Å². The number of aromatic nitrogens is 2. The average Bonchev–Trinajstić information content (AvgIpc) is 2.35. The Kier molecular flexibility index (Phi) is 4.53. The molecule has 17 heavy (non-hydrogen) atoms. The van der Waals surface area contributed by atoms with Crippen LogP contribution in [0, 0.1) is 6.92 Å². The minimum absolute atomic E-state index is 0.118. The van der Waals surface area contributed by atoms with Crippen LogP contribution in [0.1, 0.15) is 16.2 Å². The summed E-state index contributed by atoms with van der Waals surface area (Å²) in [6.45, 7) is 1.51. The molecule has 2 N–H and O–H groups in total. The van der Waals surface area contributed by atoms with Crippen molar-refractivity contribution >= 4 is 11.9 Å². The fourth-order valence-corrected chi connectivity index (χ4v) is 1.01. The lowest BCUT2D eigenvalue weighted by atomic mass is 10.3. The van der Waals surface area contributed by atoms with Crippen molar-refractivity contribution in [2.75, 3.05) is 13.7 Å². The van der Waals surface area contributed by atoms with Crippen LogP contribution in [0.4, 0.5) is 0 Å². The van der Waals surface area contributed by atoms with Crippen LogP contribution in [0.15, 0.2) is 12.4 Å². The third-order valence-corrected chi connectivity index (χ3v) is 1.94. The predicted octanol–water partition coefficient (Wildman–Crippen LogP) is -0.951. The van der Waals surface area contributed by atoms with Crippen molar-refractivity contribution in [1.29, 1.82) is 0 Å². The maximum absolute atomic E-state index is 11.5. The summed E-state index contributed by atoms with van der Waals surface area (Å²) in [5, 5.41) is 11.6. The number of ether oxygens (including phenoxy) is 1. The number of esters is 1. The van der Waals surface area contributed by atoms with Gasteiger partial charge in [-0.1, -0.05) is 0 Å². The molecule has 7 heteroatoms. The quantitative estimate of drug-likeness (QED) is 0.657. The van der Waals surface area contributed by atoms with Crippen LogP contribution in [0.3, 0.4) is 0 Å². The van der Waals surface area contributed by atoms with Crippen molar-refractivity contribution in [2.24, 2.45) is 0 Å². The Morgan fingerprint density at radius 3 is 2.71 bits per heavy atom. The van der Waals surface area contributed by atoms with E-state index in [1.54, 1.807) is 6.92 Å². The first-order valence-electron chi connectivity index (χ1n) is 4.87. The Morgan fingerprint density at radius 2 is 2.18 bits per heavy atom. The van der Waals surface area contributed by atoms with Crippen molar-refractivity contribution in [3.8, 4) is 0 Å². The summed E-state index contributed by atoms with van der Waals surface area (Å²) >= 11 is 0. The Balaban J connectivity index is 2.50. The lowest BCUT2D eigenvalue weighted by Gasteiger charge is -2.09. The molecule has 0 aromatic carbocycles. The molecule has 0 radical (unpaired) electrons. The first kappa shape index (κ1) is 13.0. The Bertz CT molecular complexity index is 405. The molecule has 0 saturated carbocycles. The van der Waals surface area contributed by atoms with E-state index in [2.05, 4.69) is 20.0 Å². The number of carbonyl (C=O) groups is 2. The zero-order valence-electron chi connectivity index (χ0n) is 9.51. The molecule has 0 bridgehead atoms. The number of methoxy groups -OCH3 is 1. The first-order chi connectivity index (χ1) is 8.04. The fraction of sp³-hybridized carbons (Fsp3) is 0.400. The number of aliphatic hydroxyl groups excluding tert-OH is 1. The van der Waals surface area contributed by atoms with E-state index in [-0.39, 0.29) is 12.2 Å². The van der Waals surface area contributed by atoms with Gasteiger partial charge in [0.25, 0.3) is 5.91 Å². The van der Waals surface area contributed by atoms with E-state index in [4.69, 9.17) is 0 Å². The van der Waals surface area contributed by atoms with Crippen molar-refractivity contribution in [3.05, 3.63) is 23.8 Å². The highest BCUT2D eigenvalue weighted by molar-refractivity contribution is 5.92. The molecule has 7 nitrogen and oxygen atoms in total. The Hall–Kier alpha value is -2.02. The SMILES string of the molecule is COC(=O)C(O)CNC(=O)c1cnc(C)cn1. The summed E-state index contributed by atoms with van der Waals surface area (Å²) in [6, 6.07) is 0. The molecule has 1 amide bonds. The van der Waals surface area contributed by atoms with E-state index < -0.39 is 18.0 Å². The van der Waals surface area contributed by atoms with Gasteiger partial charge in [0.15, 0.2) is 6.10 Å². The number of aliphatic hydroxyl groups is 1. The second-order valence-electron chi connectivity index (χ2n) is 3.29. The lowest BCUT2D eigenvalue weighted by molar-refractivity contribution is -0.149. The molecule has 0 aliphatic carbocycles. The molecule has 1 rings (SSSR count). The van der Waals surface area contributed by atoms with Crippen LogP contribution in [0.5, 0.6) is 0 Å². The maximum atomic E-state index is 11.5. The molecule has 0 saturated heterocycles. The molecule has 0 spiro atoms. The van der Waals surface area contributed by atoms with Crippen molar-refractivity contribution in [1.82, 2.24) is 15.3 Å². The largest absolute Gasteiger partial charge is 0.467 e. The molecule has 1 heterocycles. The third kappa shape index (κ3) is 3.80. The van der Waals surface area contributed by atoms with Gasteiger partial charge in [-0.25, -0.2) is 9.78 Å². The van der Waals surface area contributed by atoms with E-state index in [1.165, 1.54) is 12.4 Å². The number of rotatable bonds is 4. The van der Waals surface area contributed by atoms with E-state index >= 15 is 0 Å². The van der Waals surface area contributed by atoms with Crippen LogP contribution >= 0.6 is 0 Å². The van der Waals surface area contributed by atoms with Crippen molar-refractivity contribution < 1.29 is 19.4 Å². The molecule has 0 fully saturated rings. The lowest BCUT2D eigenvalue weighted by Crippen LogP contribution is -2.37. The molecule has 0 aliphatic rings. The standard InChI is InChI=1S/C10H13N3O4/c1-6-3-12-7(4-11-6)9(15)13-5-8(14)10(16)17-2/h3-4,8,14H,5H2,1-2H3,(H,13,15). The third-order valence-electron chi connectivity index (χ3n) is 1.94. The van der Waals surface area contributed by atoms with Crippen LogP contribution < -0.4 is 5.32 Å². The summed E-state index contributed by atoms with van der Waals surface area (Å²) in [5.74, 6) is -1.32. The highest BCUT2D eigenvalue weighted by atomic mass is 16.5. The minimum Gasteiger partial charge on any atom is -0.467 e.